The molecule has 1 rings (SSSR count). The average Bonchev–Trinajstić information content (AvgIpc) is 2.35. The Kier molecular flexibility index (Phi) is 4.93. The first kappa shape index (κ1) is 14.6. The molecule has 0 aliphatic carbocycles. The summed E-state index contributed by atoms with van der Waals surface area (Å²) < 4.78 is 10.1. The molecule has 0 amide bonds. The van der Waals surface area contributed by atoms with Gasteiger partial charge in [0, 0.05) is 11.3 Å². The molecule has 0 aliphatic rings. The number of esters is 1. The first-order chi connectivity index (χ1) is 8.91. The molecule has 0 spiro atoms. The second-order valence-electron chi connectivity index (χ2n) is 3.83. The lowest BCUT2D eigenvalue weighted by Crippen LogP contribution is -2.13. The maximum Gasteiger partial charge on any atom is 0.339 e. The largest absolute Gasteiger partial charge is 0.489 e. The van der Waals surface area contributed by atoms with Gasteiger partial charge in [0.15, 0.2) is 0 Å². The van der Waals surface area contributed by atoms with E-state index in [1.165, 1.54) is 25.1 Å². The van der Waals surface area contributed by atoms with Crippen molar-refractivity contribution < 1.29 is 24.2 Å². The minimum atomic E-state index is -1.14. The summed E-state index contributed by atoms with van der Waals surface area (Å²) in [5, 5.41) is 8.98. The second-order valence-corrected chi connectivity index (χ2v) is 3.83. The van der Waals surface area contributed by atoms with Crippen LogP contribution in [0.4, 0.5) is 5.69 Å². The van der Waals surface area contributed by atoms with Crippen molar-refractivity contribution in [1.82, 2.24) is 0 Å². The van der Waals surface area contributed by atoms with Crippen LogP contribution in [0.25, 0.3) is 0 Å². The third-order valence-corrected chi connectivity index (χ3v) is 2.16. The van der Waals surface area contributed by atoms with Crippen molar-refractivity contribution in [3.05, 3.63) is 35.9 Å². The summed E-state index contributed by atoms with van der Waals surface area (Å²) in [4.78, 5) is 22.1. The highest BCUT2D eigenvalue weighted by Gasteiger charge is 2.12. The number of rotatable bonds is 6. The van der Waals surface area contributed by atoms with E-state index < -0.39 is 11.9 Å². The van der Waals surface area contributed by atoms with E-state index in [0.29, 0.717) is 11.3 Å². The fourth-order valence-electron chi connectivity index (χ4n) is 1.25. The van der Waals surface area contributed by atoms with Gasteiger partial charge in [-0.1, -0.05) is 6.58 Å². The van der Waals surface area contributed by atoms with Gasteiger partial charge in [-0.2, -0.15) is 0 Å². The van der Waals surface area contributed by atoms with Crippen LogP contribution >= 0.6 is 0 Å². The van der Waals surface area contributed by atoms with Crippen LogP contribution in [0.5, 0.6) is 5.75 Å². The van der Waals surface area contributed by atoms with Crippen LogP contribution in [0.1, 0.15) is 17.3 Å². The zero-order valence-corrected chi connectivity index (χ0v) is 10.5. The van der Waals surface area contributed by atoms with Gasteiger partial charge in [-0.25, -0.2) is 9.59 Å². The van der Waals surface area contributed by atoms with Gasteiger partial charge in [0.25, 0.3) is 0 Å². The van der Waals surface area contributed by atoms with Gasteiger partial charge in [0.2, 0.25) is 0 Å². The van der Waals surface area contributed by atoms with Crippen molar-refractivity contribution in [1.29, 1.82) is 0 Å². The number of benzene rings is 1. The highest BCUT2D eigenvalue weighted by Crippen LogP contribution is 2.21. The quantitative estimate of drug-likeness (QED) is 0.350. The number of nitrogen functional groups attached to an aromatic ring is 1. The topological polar surface area (TPSA) is 98.9 Å². The maximum absolute atomic E-state index is 11.1. The lowest BCUT2D eigenvalue weighted by molar-refractivity contribution is -0.139. The lowest BCUT2D eigenvalue weighted by atomic mass is 10.2. The molecular weight excluding hydrogens is 250 g/mol. The second kappa shape index (κ2) is 6.44. The van der Waals surface area contributed by atoms with Crippen molar-refractivity contribution in [2.45, 2.75) is 6.92 Å². The van der Waals surface area contributed by atoms with Crippen LogP contribution < -0.4 is 10.5 Å². The Morgan fingerprint density at radius 3 is 2.63 bits per heavy atom. The third kappa shape index (κ3) is 4.34. The minimum absolute atomic E-state index is 0.00906. The summed E-state index contributed by atoms with van der Waals surface area (Å²) >= 11 is 0. The Labute approximate surface area is 110 Å². The van der Waals surface area contributed by atoms with E-state index in [-0.39, 0.29) is 24.5 Å². The summed E-state index contributed by atoms with van der Waals surface area (Å²) in [5.74, 6) is -1.48. The number of carboxylic acid groups (broad SMARTS) is 1. The van der Waals surface area contributed by atoms with Crippen LogP contribution in [0.2, 0.25) is 0 Å². The first-order valence-electron chi connectivity index (χ1n) is 5.50. The Hall–Kier alpha value is -2.50. The Morgan fingerprint density at radius 1 is 1.37 bits per heavy atom. The standard InChI is InChI=1S/C13H15NO5/c1-8(2)13(17)19-6-5-18-11-4-3-9(14)7-10(11)12(15)16/h3-4,7H,1,5-6,14H2,2H3,(H,15,16). The number of carboxylic acids is 1. The van der Waals surface area contributed by atoms with Crippen LogP contribution in [0.3, 0.4) is 0 Å². The monoisotopic (exact) mass is 265 g/mol. The molecule has 0 saturated heterocycles. The van der Waals surface area contributed by atoms with E-state index in [2.05, 4.69) is 6.58 Å². The van der Waals surface area contributed by atoms with Crippen molar-refractivity contribution >= 4 is 17.6 Å². The molecule has 0 fully saturated rings. The number of hydrogen-bond acceptors (Lipinski definition) is 5. The van der Waals surface area contributed by atoms with E-state index in [9.17, 15) is 9.59 Å². The molecule has 0 saturated carbocycles. The fraction of sp³-hybridized carbons (Fsp3) is 0.231. The third-order valence-electron chi connectivity index (χ3n) is 2.16. The number of carbonyl (C=O) groups excluding carboxylic acids is 1. The predicted octanol–water partition coefficient (Wildman–Crippen LogP) is 1.47. The van der Waals surface area contributed by atoms with E-state index in [0.717, 1.165) is 0 Å². The van der Waals surface area contributed by atoms with E-state index >= 15 is 0 Å². The first-order valence-corrected chi connectivity index (χ1v) is 5.50. The van der Waals surface area contributed by atoms with E-state index in [4.69, 9.17) is 20.3 Å². The molecule has 0 heterocycles. The lowest BCUT2D eigenvalue weighted by Gasteiger charge is -2.10. The Bertz CT molecular complexity index is 510. The van der Waals surface area contributed by atoms with Gasteiger partial charge < -0.3 is 20.3 Å². The summed E-state index contributed by atoms with van der Waals surface area (Å²) in [6.07, 6.45) is 0. The summed E-state index contributed by atoms with van der Waals surface area (Å²) in [6.45, 7) is 5.02. The van der Waals surface area contributed by atoms with Gasteiger partial charge in [-0.15, -0.1) is 0 Å². The van der Waals surface area contributed by atoms with Gasteiger partial charge in [-0.05, 0) is 25.1 Å². The molecule has 6 heteroatoms. The summed E-state index contributed by atoms with van der Waals surface area (Å²) in [6, 6.07) is 4.29. The molecule has 0 unspecified atom stereocenters. The molecule has 0 bridgehead atoms. The summed E-state index contributed by atoms with van der Waals surface area (Å²) in [5.41, 5.74) is 6.08. The molecule has 6 nitrogen and oxygen atoms in total. The van der Waals surface area contributed by atoms with Gasteiger partial charge in [0.1, 0.15) is 24.5 Å². The van der Waals surface area contributed by atoms with Crippen LogP contribution in [-0.4, -0.2) is 30.3 Å². The molecule has 1 aromatic carbocycles. The number of hydrogen-bond donors (Lipinski definition) is 2. The molecule has 102 valence electrons. The van der Waals surface area contributed by atoms with Gasteiger partial charge >= 0.3 is 11.9 Å². The number of ether oxygens (including phenoxy) is 2. The Morgan fingerprint density at radius 2 is 2.05 bits per heavy atom. The molecule has 1 aromatic rings. The molecular formula is C13H15NO5. The van der Waals surface area contributed by atoms with Crippen molar-refractivity contribution in [2.24, 2.45) is 0 Å². The number of anilines is 1. The predicted molar refractivity (Wildman–Crippen MR) is 69.1 cm³/mol. The smallest absolute Gasteiger partial charge is 0.339 e. The highest BCUT2D eigenvalue weighted by molar-refractivity contribution is 5.92. The zero-order chi connectivity index (χ0) is 14.4. The number of nitrogens with two attached hydrogens (primary N) is 1. The maximum atomic E-state index is 11.1. The molecule has 0 aliphatic heterocycles. The van der Waals surface area contributed by atoms with Crippen LogP contribution in [0.15, 0.2) is 30.4 Å². The fourth-order valence-corrected chi connectivity index (χ4v) is 1.25. The van der Waals surface area contributed by atoms with E-state index in [1.54, 1.807) is 0 Å². The number of aromatic carboxylic acids is 1. The normalized spacial score (nSPS) is 9.74. The molecule has 3 N–H and O–H groups in total. The molecule has 0 radical (unpaired) electrons. The number of carbonyl (C=O) groups is 2. The minimum Gasteiger partial charge on any atom is -0.489 e. The van der Waals surface area contributed by atoms with Crippen molar-refractivity contribution in [3.8, 4) is 5.75 Å². The highest BCUT2D eigenvalue weighted by atomic mass is 16.6. The van der Waals surface area contributed by atoms with Crippen LogP contribution in [-0.2, 0) is 9.53 Å². The molecule has 19 heavy (non-hydrogen) atoms. The van der Waals surface area contributed by atoms with Crippen molar-refractivity contribution in [3.63, 3.8) is 0 Å². The zero-order valence-electron chi connectivity index (χ0n) is 10.5. The van der Waals surface area contributed by atoms with E-state index in [1.807, 2.05) is 0 Å². The average molecular weight is 265 g/mol. The van der Waals surface area contributed by atoms with Crippen LogP contribution in [0, 0.1) is 0 Å². The molecule has 0 aromatic heterocycles. The van der Waals surface area contributed by atoms with Crippen molar-refractivity contribution in [2.75, 3.05) is 18.9 Å². The van der Waals surface area contributed by atoms with Gasteiger partial charge in [-0.3, -0.25) is 0 Å². The summed E-state index contributed by atoms with van der Waals surface area (Å²) in [7, 11) is 0. The SMILES string of the molecule is C=C(C)C(=O)OCCOc1ccc(N)cc1C(=O)O. The molecule has 0 atom stereocenters. The van der Waals surface area contributed by atoms with Gasteiger partial charge in [0.05, 0.1) is 0 Å². The Balaban J connectivity index is 2.56.